The van der Waals surface area contributed by atoms with Gasteiger partial charge in [-0.15, -0.1) is 0 Å². The van der Waals surface area contributed by atoms with Crippen molar-refractivity contribution in [2.45, 2.75) is 26.7 Å². The summed E-state index contributed by atoms with van der Waals surface area (Å²) in [5, 5.41) is 3.02. The standard InChI is InChI=1S/C15H21IN2O/c1-11-4-3-7-18(9-11)10-15(19)17-14-6-5-13(16)8-12(14)2/h5-6,8,11H,3-4,7,9-10H2,1-2H3,(H,17,19)/t11-/m0/s1. The molecule has 1 N–H and O–H groups in total. The first kappa shape index (κ1) is 14.8. The highest BCUT2D eigenvalue weighted by Crippen LogP contribution is 2.18. The van der Waals surface area contributed by atoms with Gasteiger partial charge in [0.15, 0.2) is 0 Å². The van der Waals surface area contributed by atoms with Crippen LogP contribution in [0, 0.1) is 16.4 Å². The maximum atomic E-state index is 12.1. The van der Waals surface area contributed by atoms with E-state index in [9.17, 15) is 4.79 Å². The summed E-state index contributed by atoms with van der Waals surface area (Å²) in [4.78, 5) is 14.3. The predicted molar refractivity (Wildman–Crippen MR) is 87.4 cm³/mol. The van der Waals surface area contributed by atoms with Gasteiger partial charge in [0.05, 0.1) is 6.54 Å². The minimum absolute atomic E-state index is 0.0957. The maximum absolute atomic E-state index is 12.1. The summed E-state index contributed by atoms with van der Waals surface area (Å²) in [5.74, 6) is 0.806. The highest BCUT2D eigenvalue weighted by Gasteiger charge is 2.18. The van der Waals surface area contributed by atoms with Crippen molar-refractivity contribution in [2.24, 2.45) is 5.92 Å². The molecule has 0 aliphatic carbocycles. The zero-order chi connectivity index (χ0) is 13.8. The summed E-state index contributed by atoms with van der Waals surface area (Å²) >= 11 is 2.28. The summed E-state index contributed by atoms with van der Waals surface area (Å²) in [5.41, 5.74) is 2.04. The van der Waals surface area contributed by atoms with Gasteiger partial charge in [-0.25, -0.2) is 0 Å². The SMILES string of the molecule is Cc1cc(I)ccc1NC(=O)CN1CCC[C@H](C)C1. The Bertz CT molecular complexity index is 461. The largest absolute Gasteiger partial charge is 0.325 e. The number of nitrogens with one attached hydrogen (secondary N) is 1. The number of hydrogen-bond donors (Lipinski definition) is 1. The molecule has 0 aromatic heterocycles. The molecule has 1 fully saturated rings. The van der Waals surface area contributed by atoms with Crippen LogP contribution in [-0.4, -0.2) is 30.4 Å². The van der Waals surface area contributed by atoms with Gasteiger partial charge in [-0.1, -0.05) is 6.92 Å². The van der Waals surface area contributed by atoms with Crippen molar-refractivity contribution in [3.05, 3.63) is 27.3 Å². The van der Waals surface area contributed by atoms with Gasteiger partial charge in [-0.3, -0.25) is 9.69 Å². The number of carbonyl (C=O) groups excluding carboxylic acids is 1. The molecule has 4 heteroatoms. The van der Waals surface area contributed by atoms with Gasteiger partial charge < -0.3 is 5.32 Å². The molecule has 0 unspecified atom stereocenters. The van der Waals surface area contributed by atoms with Crippen LogP contribution in [0.1, 0.15) is 25.3 Å². The Morgan fingerprint density at radius 2 is 2.32 bits per heavy atom. The first-order valence-corrected chi connectivity index (χ1v) is 7.91. The molecular formula is C15H21IN2O. The number of amides is 1. The van der Waals surface area contributed by atoms with Crippen molar-refractivity contribution in [2.75, 3.05) is 25.0 Å². The van der Waals surface area contributed by atoms with E-state index in [0.29, 0.717) is 12.5 Å². The van der Waals surface area contributed by atoms with Gasteiger partial charge in [0.2, 0.25) is 5.91 Å². The number of anilines is 1. The molecule has 1 atom stereocenters. The molecule has 2 rings (SSSR count). The van der Waals surface area contributed by atoms with E-state index in [1.54, 1.807) is 0 Å². The van der Waals surface area contributed by atoms with E-state index in [4.69, 9.17) is 0 Å². The minimum Gasteiger partial charge on any atom is -0.325 e. The van der Waals surface area contributed by atoms with E-state index in [1.807, 2.05) is 19.1 Å². The number of piperidine rings is 1. The lowest BCUT2D eigenvalue weighted by Crippen LogP contribution is -2.39. The molecule has 1 aliphatic rings. The molecule has 1 aromatic rings. The lowest BCUT2D eigenvalue weighted by atomic mass is 10.0. The molecule has 0 spiro atoms. The van der Waals surface area contributed by atoms with E-state index >= 15 is 0 Å². The molecule has 1 aliphatic heterocycles. The van der Waals surface area contributed by atoms with E-state index in [0.717, 1.165) is 24.3 Å². The van der Waals surface area contributed by atoms with Gasteiger partial charge in [0.1, 0.15) is 0 Å². The number of nitrogens with zero attached hydrogens (tertiary/aromatic N) is 1. The Labute approximate surface area is 128 Å². The summed E-state index contributed by atoms with van der Waals surface area (Å²) in [6, 6.07) is 6.08. The average Bonchev–Trinajstić information content (AvgIpc) is 2.33. The second-order valence-corrected chi connectivity index (χ2v) is 6.74. The Balaban J connectivity index is 1.90. The van der Waals surface area contributed by atoms with E-state index in [1.165, 1.54) is 16.4 Å². The monoisotopic (exact) mass is 372 g/mol. The number of rotatable bonds is 3. The number of likely N-dealkylation sites (tertiary alicyclic amines) is 1. The van der Waals surface area contributed by atoms with E-state index in [2.05, 4.69) is 45.8 Å². The number of aryl methyl sites for hydroxylation is 1. The third kappa shape index (κ3) is 4.45. The number of benzene rings is 1. The van der Waals surface area contributed by atoms with Crippen LogP contribution in [0.2, 0.25) is 0 Å². The number of carbonyl (C=O) groups is 1. The van der Waals surface area contributed by atoms with Crippen LogP contribution in [0.5, 0.6) is 0 Å². The van der Waals surface area contributed by atoms with E-state index in [-0.39, 0.29) is 5.91 Å². The summed E-state index contributed by atoms with van der Waals surface area (Å²) < 4.78 is 1.19. The topological polar surface area (TPSA) is 32.3 Å². The van der Waals surface area contributed by atoms with Crippen LogP contribution in [0.25, 0.3) is 0 Å². The fourth-order valence-corrected chi connectivity index (χ4v) is 3.24. The minimum atomic E-state index is 0.0957. The molecule has 19 heavy (non-hydrogen) atoms. The maximum Gasteiger partial charge on any atom is 0.238 e. The zero-order valence-corrected chi connectivity index (χ0v) is 13.7. The highest BCUT2D eigenvalue weighted by molar-refractivity contribution is 14.1. The third-order valence-corrected chi connectivity index (χ3v) is 4.24. The van der Waals surface area contributed by atoms with Crippen molar-refractivity contribution < 1.29 is 4.79 Å². The fourth-order valence-electron chi connectivity index (χ4n) is 2.59. The molecule has 1 aromatic carbocycles. The average molecular weight is 372 g/mol. The van der Waals surface area contributed by atoms with Gasteiger partial charge >= 0.3 is 0 Å². The van der Waals surface area contributed by atoms with Gasteiger partial charge in [-0.2, -0.15) is 0 Å². The molecule has 0 radical (unpaired) electrons. The van der Waals surface area contributed by atoms with E-state index < -0.39 is 0 Å². The van der Waals surface area contributed by atoms with Crippen LogP contribution < -0.4 is 5.32 Å². The molecule has 0 saturated carbocycles. The predicted octanol–water partition coefficient (Wildman–Crippen LogP) is 3.27. The number of halogens is 1. The third-order valence-electron chi connectivity index (χ3n) is 3.57. The lowest BCUT2D eigenvalue weighted by Gasteiger charge is -2.30. The summed E-state index contributed by atoms with van der Waals surface area (Å²) in [6.45, 7) is 6.88. The van der Waals surface area contributed by atoms with Crippen LogP contribution in [-0.2, 0) is 4.79 Å². The molecular weight excluding hydrogens is 351 g/mol. The first-order valence-electron chi connectivity index (χ1n) is 6.83. The van der Waals surface area contributed by atoms with Crippen LogP contribution in [0.3, 0.4) is 0 Å². The Kier molecular flexibility index (Phi) is 5.21. The molecule has 104 valence electrons. The van der Waals surface area contributed by atoms with Crippen molar-refractivity contribution in [3.8, 4) is 0 Å². The van der Waals surface area contributed by atoms with Crippen LogP contribution in [0.15, 0.2) is 18.2 Å². The second kappa shape index (κ2) is 6.70. The highest BCUT2D eigenvalue weighted by atomic mass is 127. The Hall–Kier alpha value is -0.620. The Morgan fingerprint density at radius 3 is 3.00 bits per heavy atom. The molecule has 1 saturated heterocycles. The van der Waals surface area contributed by atoms with Crippen molar-refractivity contribution >= 4 is 34.2 Å². The smallest absolute Gasteiger partial charge is 0.238 e. The number of hydrogen-bond acceptors (Lipinski definition) is 2. The van der Waals surface area contributed by atoms with Crippen LogP contribution in [0.4, 0.5) is 5.69 Å². The summed E-state index contributed by atoms with van der Waals surface area (Å²) in [7, 11) is 0. The first-order chi connectivity index (χ1) is 9.04. The van der Waals surface area contributed by atoms with Crippen molar-refractivity contribution in [1.29, 1.82) is 0 Å². The normalized spacial score (nSPS) is 20.3. The Morgan fingerprint density at radius 1 is 1.53 bits per heavy atom. The molecule has 3 nitrogen and oxygen atoms in total. The van der Waals surface area contributed by atoms with Crippen molar-refractivity contribution in [3.63, 3.8) is 0 Å². The lowest BCUT2D eigenvalue weighted by molar-refractivity contribution is -0.117. The summed E-state index contributed by atoms with van der Waals surface area (Å²) in [6.07, 6.45) is 2.49. The quantitative estimate of drug-likeness (QED) is 0.827. The molecule has 1 amide bonds. The second-order valence-electron chi connectivity index (χ2n) is 5.49. The molecule has 1 heterocycles. The van der Waals surface area contributed by atoms with Gasteiger partial charge in [0.25, 0.3) is 0 Å². The molecule has 0 bridgehead atoms. The van der Waals surface area contributed by atoms with Crippen molar-refractivity contribution in [1.82, 2.24) is 4.90 Å². The van der Waals surface area contributed by atoms with Gasteiger partial charge in [0, 0.05) is 15.8 Å². The van der Waals surface area contributed by atoms with Gasteiger partial charge in [-0.05, 0) is 78.6 Å². The van der Waals surface area contributed by atoms with Crippen LogP contribution >= 0.6 is 22.6 Å². The zero-order valence-electron chi connectivity index (χ0n) is 11.6. The fraction of sp³-hybridized carbons (Fsp3) is 0.533.